The summed E-state index contributed by atoms with van der Waals surface area (Å²) in [6.07, 6.45) is 1.89. The topological polar surface area (TPSA) is 29.5 Å². The van der Waals surface area contributed by atoms with Gasteiger partial charge in [0.25, 0.3) is 0 Å². The van der Waals surface area contributed by atoms with Gasteiger partial charge in [-0.05, 0) is 32.5 Å². The third-order valence-corrected chi connectivity index (χ3v) is 4.29. The lowest BCUT2D eigenvalue weighted by Crippen LogP contribution is -2.37. The van der Waals surface area contributed by atoms with Gasteiger partial charge in [-0.3, -0.25) is 4.79 Å². The fourth-order valence-corrected chi connectivity index (χ4v) is 2.79. The maximum Gasteiger partial charge on any atom is 0.164 e. The second kappa shape index (κ2) is 6.64. The molecule has 2 unspecified atom stereocenters. The highest BCUT2D eigenvalue weighted by molar-refractivity contribution is 9.10. The van der Waals surface area contributed by atoms with Gasteiger partial charge in [-0.2, -0.15) is 0 Å². The van der Waals surface area contributed by atoms with Crippen molar-refractivity contribution in [1.29, 1.82) is 0 Å². The molecule has 0 saturated carbocycles. The van der Waals surface area contributed by atoms with Gasteiger partial charge in [0.15, 0.2) is 5.78 Å². The van der Waals surface area contributed by atoms with E-state index in [9.17, 15) is 4.79 Å². The summed E-state index contributed by atoms with van der Waals surface area (Å²) in [5.74, 6) is 0.200. The Morgan fingerprint density at radius 2 is 2.11 bits per heavy atom. The fraction of sp³-hybridized carbons (Fsp3) is 0.533. The molecule has 19 heavy (non-hydrogen) atoms. The molecule has 0 spiro atoms. The number of carbonyl (C=O) groups excluding carboxylic acids is 1. The minimum absolute atomic E-state index is 0.200. The second-order valence-corrected chi connectivity index (χ2v) is 6.01. The highest BCUT2D eigenvalue weighted by Crippen LogP contribution is 2.19. The van der Waals surface area contributed by atoms with E-state index in [1.807, 2.05) is 24.3 Å². The predicted octanol–water partition coefficient (Wildman–Crippen LogP) is 3.13. The van der Waals surface area contributed by atoms with Crippen LogP contribution in [0.5, 0.6) is 0 Å². The second-order valence-electron chi connectivity index (χ2n) is 5.09. The van der Waals surface area contributed by atoms with E-state index in [1.54, 1.807) is 0 Å². The van der Waals surface area contributed by atoms with Crippen LogP contribution in [-0.4, -0.2) is 43.0 Å². The summed E-state index contributed by atoms with van der Waals surface area (Å²) in [4.78, 5) is 14.3. The molecule has 2 rings (SSSR count). The number of likely N-dealkylation sites (N-methyl/N-ethyl adjacent to an activating group) is 1. The number of carbonyl (C=O) groups is 1. The lowest BCUT2D eigenvalue weighted by atomic mass is 10.1. The summed E-state index contributed by atoms with van der Waals surface area (Å²) < 4.78 is 6.56. The van der Waals surface area contributed by atoms with Crippen molar-refractivity contribution in [2.24, 2.45) is 0 Å². The number of halogens is 1. The van der Waals surface area contributed by atoms with Crippen molar-refractivity contribution in [3.05, 3.63) is 34.3 Å². The van der Waals surface area contributed by atoms with Crippen LogP contribution in [-0.2, 0) is 4.74 Å². The maximum absolute atomic E-state index is 12.1. The average Bonchev–Trinajstić information content (AvgIpc) is 2.83. The number of nitrogens with zero attached hydrogens (tertiary/aromatic N) is 1. The molecule has 1 aliphatic rings. The molecule has 1 saturated heterocycles. The van der Waals surface area contributed by atoms with E-state index >= 15 is 0 Å². The fourth-order valence-electron chi connectivity index (χ4n) is 2.52. The Labute approximate surface area is 123 Å². The summed E-state index contributed by atoms with van der Waals surface area (Å²) >= 11 is 3.37. The van der Waals surface area contributed by atoms with Gasteiger partial charge in [-0.25, -0.2) is 0 Å². The van der Waals surface area contributed by atoms with Gasteiger partial charge in [0, 0.05) is 35.7 Å². The van der Waals surface area contributed by atoms with Crippen molar-refractivity contribution in [2.75, 3.05) is 20.2 Å². The summed E-state index contributed by atoms with van der Waals surface area (Å²) in [6, 6.07) is 7.99. The van der Waals surface area contributed by atoms with E-state index in [-0.39, 0.29) is 11.9 Å². The van der Waals surface area contributed by atoms with E-state index in [0.717, 1.165) is 29.6 Å². The minimum Gasteiger partial charge on any atom is -0.377 e. The molecule has 2 atom stereocenters. The molecule has 0 radical (unpaired) electrons. The normalized spacial score (nSPS) is 22.9. The number of hydrogen-bond acceptors (Lipinski definition) is 3. The molecule has 0 amide bonds. The number of Topliss-reactive ketones (excluding diaryl/α,β-unsaturated/α-hetero) is 1. The number of ketones is 1. The van der Waals surface area contributed by atoms with Crippen LogP contribution in [0, 0.1) is 0 Å². The van der Waals surface area contributed by atoms with Crippen LogP contribution in [0.3, 0.4) is 0 Å². The molecule has 1 heterocycles. The summed E-state index contributed by atoms with van der Waals surface area (Å²) in [5.41, 5.74) is 0.785. The molecule has 1 aromatic carbocycles. The van der Waals surface area contributed by atoms with Gasteiger partial charge in [-0.1, -0.05) is 28.1 Å². The third kappa shape index (κ3) is 3.88. The lowest BCUT2D eigenvalue weighted by Gasteiger charge is -2.26. The monoisotopic (exact) mass is 325 g/mol. The summed E-state index contributed by atoms with van der Waals surface area (Å²) in [5, 5.41) is 0. The van der Waals surface area contributed by atoms with Gasteiger partial charge >= 0.3 is 0 Å². The third-order valence-electron chi connectivity index (χ3n) is 3.76. The lowest BCUT2D eigenvalue weighted by molar-refractivity contribution is 0.0793. The van der Waals surface area contributed by atoms with Gasteiger partial charge in [0.05, 0.1) is 6.10 Å². The van der Waals surface area contributed by atoms with Crippen LogP contribution < -0.4 is 0 Å². The first-order chi connectivity index (χ1) is 9.08. The Bertz CT molecular complexity index is 432. The predicted molar refractivity (Wildman–Crippen MR) is 79.5 cm³/mol. The van der Waals surface area contributed by atoms with Crippen LogP contribution >= 0.6 is 15.9 Å². The highest BCUT2D eigenvalue weighted by atomic mass is 79.9. The Kier molecular flexibility index (Phi) is 5.13. The van der Waals surface area contributed by atoms with Crippen molar-refractivity contribution in [3.8, 4) is 0 Å². The molecular formula is C15H20BrNO2. The molecule has 0 bridgehead atoms. The molecule has 1 aliphatic heterocycles. The van der Waals surface area contributed by atoms with E-state index < -0.39 is 0 Å². The standard InChI is InChI=1S/C15H20BrNO2/c1-11-14(8-10-19-11)17(2)9-7-15(18)12-3-5-13(16)6-4-12/h3-6,11,14H,7-10H2,1-2H3. The Morgan fingerprint density at radius 3 is 2.68 bits per heavy atom. The molecule has 0 aliphatic carbocycles. The SMILES string of the molecule is CC1OCCC1N(C)CCC(=O)c1ccc(Br)cc1. The molecular weight excluding hydrogens is 306 g/mol. The van der Waals surface area contributed by atoms with Crippen molar-refractivity contribution < 1.29 is 9.53 Å². The van der Waals surface area contributed by atoms with Crippen molar-refractivity contribution in [2.45, 2.75) is 31.9 Å². The minimum atomic E-state index is 0.200. The molecule has 104 valence electrons. The summed E-state index contributed by atoms with van der Waals surface area (Å²) in [7, 11) is 2.07. The highest BCUT2D eigenvalue weighted by Gasteiger charge is 2.27. The Hall–Kier alpha value is -0.710. The first kappa shape index (κ1) is 14.7. The zero-order valence-corrected chi connectivity index (χ0v) is 13.0. The first-order valence-corrected chi connectivity index (χ1v) is 7.48. The van der Waals surface area contributed by atoms with Gasteiger partial charge in [0.1, 0.15) is 0 Å². The summed E-state index contributed by atoms with van der Waals surface area (Å²) in [6.45, 7) is 3.72. The van der Waals surface area contributed by atoms with Crippen molar-refractivity contribution in [1.82, 2.24) is 4.90 Å². The zero-order valence-electron chi connectivity index (χ0n) is 11.4. The molecule has 3 nitrogen and oxygen atoms in total. The number of rotatable bonds is 5. The molecule has 0 aromatic heterocycles. The van der Waals surface area contributed by atoms with Gasteiger partial charge < -0.3 is 9.64 Å². The zero-order chi connectivity index (χ0) is 13.8. The van der Waals surface area contributed by atoms with E-state index in [1.165, 1.54) is 0 Å². The Balaban J connectivity index is 1.84. The van der Waals surface area contributed by atoms with Crippen LogP contribution in [0.4, 0.5) is 0 Å². The van der Waals surface area contributed by atoms with Crippen molar-refractivity contribution in [3.63, 3.8) is 0 Å². The average molecular weight is 326 g/mol. The number of ether oxygens (including phenoxy) is 1. The van der Waals surface area contributed by atoms with E-state index in [2.05, 4.69) is 34.8 Å². The first-order valence-electron chi connectivity index (χ1n) is 6.68. The van der Waals surface area contributed by atoms with Crippen LogP contribution in [0.1, 0.15) is 30.1 Å². The molecule has 0 N–H and O–H groups in total. The van der Waals surface area contributed by atoms with Crippen molar-refractivity contribution >= 4 is 21.7 Å². The smallest absolute Gasteiger partial charge is 0.164 e. The quantitative estimate of drug-likeness (QED) is 0.779. The Morgan fingerprint density at radius 1 is 1.42 bits per heavy atom. The van der Waals surface area contributed by atoms with Crippen LogP contribution in [0.15, 0.2) is 28.7 Å². The largest absolute Gasteiger partial charge is 0.377 e. The van der Waals surface area contributed by atoms with Crippen LogP contribution in [0.25, 0.3) is 0 Å². The van der Waals surface area contributed by atoms with Crippen LogP contribution in [0.2, 0.25) is 0 Å². The van der Waals surface area contributed by atoms with E-state index in [4.69, 9.17) is 4.74 Å². The van der Waals surface area contributed by atoms with Gasteiger partial charge in [0.2, 0.25) is 0 Å². The maximum atomic E-state index is 12.1. The van der Waals surface area contributed by atoms with E-state index in [0.29, 0.717) is 12.5 Å². The molecule has 4 heteroatoms. The van der Waals surface area contributed by atoms with Gasteiger partial charge in [-0.15, -0.1) is 0 Å². The molecule has 1 aromatic rings. The molecule has 1 fully saturated rings. The number of benzene rings is 1. The number of hydrogen-bond donors (Lipinski definition) is 0.